The number of nitrogens with two attached hydrogens (primary N) is 1. The van der Waals surface area contributed by atoms with Gasteiger partial charge in [0.1, 0.15) is 18.2 Å². The Labute approximate surface area is 136 Å². The third-order valence-corrected chi connectivity index (χ3v) is 3.39. The van der Waals surface area contributed by atoms with Crippen molar-refractivity contribution < 1.29 is 9.13 Å². The van der Waals surface area contributed by atoms with E-state index in [2.05, 4.69) is 30.9 Å². The first kappa shape index (κ1) is 17.1. The highest BCUT2D eigenvalue weighted by molar-refractivity contribution is 5.56. The summed E-state index contributed by atoms with van der Waals surface area (Å²) in [4.78, 5) is 4.62. The van der Waals surface area contributed by atoms with Crippen LogP contribution in [0.15, 0.2) is 36.2 Å². The Morgan fingerprint density at radius 1 is 1.30 bits per heavy atom. The number of hydrogen-bond acceptors (Lipinski definition) is 4. The lowest BCUT2D eigenvalue weighted by atomic mass is 9.96. The van der Waals surface area contributed by atoms with E-state index in [9.17, 15) is 4.39 Å². The SMILES string of the molecule is Cn1nc(-c2ccc(OC/C(=C\F)CN)cc2)nc1C(C)(C)C. The minimum atomic E-state index is -0.0691. The van der Waals surface area contributed by atoms with Gasteiger partial charge < -0.3 is 10.5 Å². The predicted octanol–water partition coefficient (Wildman–Crippen LogP) is 2.97. The average Bonchev–Trinajstić information content (AvgIpc) is 2.91. The maximum absolute atomic E-state index is 12.4. The smallest absolute Gasteiger partial charge is 0.181 e. The van der Waals surface area contributed by atoms with E-state index in [1.165, 1.54) is 0 Å². The van der Waals surface area contributed by atoms with Gasteiger partial charge in [-0.3, -0.25) is 4.68 Å². The molecule has 0 unspecified atom stereocenters. The molecule has 1 aromatic heterocycles. The number of ether oxygens (including phenoxy) is 1. The van der Waals surface area contributed by atoms with Gasteiger partial charge in [0.15, 0.2) is 5.82 Å². The second-order valence-electron chi connectivity index (χ2n) is 6.42. The molecule has 0 atom stereocenters. The summed E-state index contributed by atoms with van der Waals surface area (Å²) in [5.74, 6) is 2.25. The Morgan fingerprint density at radius 3 is 2.43 bits per heavy atom. The van der Waals surface area contributed by atoms with Crippen LogP contribution in [0.3, 0.4) is 0 Å². The second kappa shape index (κ2) is 6.91. The van der Waals surface area contributed by atoms with Crippen LogP contribution in [-0.4, -0.2) is 27.9 Å². The molecule has 2 rings (SSSR count). The van der Waals surface area contributed by atoms with Gasteiger partial charge in [0, 0.05) is 30.1 Å². The first-order chi connectivity index (χ1) is 10.8. The normalized spacial score (nSPS) is 12.5. The highest BCUT2D eigenvalue weighted by atomic mass is 19.1. The summed E-state index contributed by atoms with van der Waals surface area (Å²) in [7, 11) is 1.90. The molecule has 0 aliphatic rings. The molecule has 2 aromatic rings. The lowest BCUT2D eigenvalue weighted by Gasteiger charge is -2.15. The van der Waals surface area contributed by atoms with Crippen molar-refractivity contribution in [3.63, 3.8) is 0 Å². The predicted molar refractivity (Wildman–Crippen MR) is 88.9 cm³/mol. The van der Waals surface area contributed by atoms with Gasteiger partial charge in [-0.2, -0.15) is 5.10 Å². The van der Waals surface area contributed by atoms with E-state index >= 15 is 0 Å². The van der Waals surface area contributed by atoms with Crippen LogP contribution in [0.4, 0.5) is 4.39 Å². The van der Waals surface area contributed by atoms with Gasteiger partial charge in [-0.05, 0) is 24.3 Å². The third-order valence-electron chi connectivity index (χ3n) is 3.39. The molecule has 0 aliphatic carbocycles. The van der Waals surface area contributed by atoms with E-state index in [0.29, 0.717) is 23.5 Å². The maximum Gasteiger partial charge on any atom is 0.181 e. The molecule has 0 saturated carbocycles. The number of benzene rings is 1. The number of halogens is 1. The average molecular weight is 318 g/mol. The molecule has 6 heteroatoms. The molecule has 124 valence electrons. The van der Waals surface area contributed by atoms with Gasteiger partial charge in [0.25, 0.3) is 0 Å². The molecule has 0 aliphatic heterocycles. The van der Waals surface area contributed by atoms with Crippen molar-refractivity contribution in [2.75, 3.05) is 13.2 Å². The summed E-state index contributed by atoms with van der Waals surface area (Å²) in [6.07, 6.45) is 0.486. The van der Waals surface area contributed by atoms with Crippen LogP contribution < -0.4 is 10.5 Å². The largest absolute Gasteiger partial charge is 0.489 e. The van der Waals surface area contributed by atoms with Crippen molar-refractivity contribution in [1.29, 1.82) is 0 Å². The van der Waals surface area contributed by atoms with Crippen LogP contribution in [0.5, 0.6) is 5.75 Å². The molecule has 1 aromatic carbocycles. The lowest BCUT2D eigenvalue weighted by molar-refractivity contribution is 0.347. The fraction of sp³-hybridized carbons (Fsp3) is 0.412. The topological polar surface area (TPSA) is 66.0 Å². The van der Waals surface area contributed by atoms with E-state index in [1.54, 1.807) is 4.68 Å². The molecule has 5 nitrogen and oxygen atoms in total. The van der Waals surface area contributed by atoms with E-state index in [1.807, 2.05) is 31.3 Å². The van der Waals surface area contributed by atoms with Crippen molar-refractivity contribution in [2.45, 2.75) is 26.2 Å². The van der Waals surface area contributed by atoms with Gasteiger partial charge >= 0.3 is 0 Å². The Bertz CT molecular complexity index is 684. The zero-order valence-corrected chi connectivity index (χ0v) is 14.0. The van der Waals surface area contributed by atoms with Crippen molar-refractivity contribution >= 4 is 0 Å². The molecule has 0 saturated heterocycles. The van der Waals surface area contributed by atoms with Crippen LogP contribution in [-0.2, 0) is 12.5 Å². The summed E-state index contributed by atoms with van der Waals surface area (Å²) in [5.41, 5.74) is 6.64. The number of aromatic nitrogens is 3. The molecule has 0 spiro atoms. The molecular formula is C17H23FN4O. The van der Waals surface area contributed by atoms with Crippen LogP contribution in [0, 0.1) is 0 Å². The Kier molecular flexibility index (Phi) is 5.15. The van der Waals surface area contributed by atoms with Crippen molar-refractivity contribution in [3.05, 3.63) is 42.0 Å². The van der Waals surface area contributed by atoms with Crippen molar-refractivity contribution in [1.82, 2.24) is 14.8 Å². The third kappa shape index (κ3) is 4.16. The van der Waals surface area contributed by atoms with Crippen molar-refractivity contribution in [3.8, 4) is 17.1 Å². The van der Waals surface area contributed by atoms with Crippen LogP contribution in [0.2, 0.25) is 0 Å². The summed E-state index contributed by atoms with van der Waals surface area (Å²) in [6, 6.07) is 7.40. The first-order valence-corrected chi connectivity index (χ1v) is 7.48. The van der Waals surface area contributed by atoms with Crippen molar-refractivity contribution in [2.24, 2.45) is 12.8 Å². The lowest BCUT2D eigenvalue weighted by Crippen LogP contribution is -2.17. The van der Waals surface area contributed by atoms with E-state index in [-0.39, 0.29) is 18.6 Å². The monoisotopic (exact) mass is 318 g/mol. The Balaban J connectivity index is 2.14. The quantitative estimate of drug-likeness (QED) is 0.920. The molecule has 0 bridgehead atoms. The minimum absolute atomic E-state index is 0.0691. The summed E-state index contributed by atoms with van der Waals surface area (Å²) < 4.78 is 19.7. The zero-order valence-electron chi connectivity index (χ0n) is 14.0. The summed E-state index contributed by atoms with van der Waals surface area (Å²) in [6.45, 7) is 6.59. The van der Waals surface area contributed by atoms with Crippen LogP contribution in [0.1, 0.15) is 26.6 Å². The molecule has 2 N–H and O–H groups in total. The van der Waals surface area contributed by atoms with E-state index < -0.39 is 0 Å². The highest BCUT2D eigenvalue weighted by Gasteiger charge is 2.21. The van der Waals surface area contributed by atoms with Crippen LogP contribution >= 0.6 is 0 Å². The number of nitrogens with zero attached hydrogens (tertiary/aromatic N) is 3. The Morgan fingerprint density at radius 2 is 1.96 bits per heavy atom. The van der Waals surface area contributed by atoms with Crippen LogP contribution in [0.25, 0.3) is 11.4 Å². The number of aryl methyl sites for hydroxylation is 1. The van der Waals surface area contributed by atoms with E-state index in [4.69, 9.17) is 10.5 Å². The molecule has 0 radical (unpaired) electrons. The van der Waals surface area contributed by atoms with E-state index in [0.717, 1.165) is 11.4 Å². The second-order valence-corrected chi connectivity index (χ2v) is 6.42. The molecule has 0 amide bonds. The highest BCUT2D eigenvalue weighted by Crippen LogP contribution is 2.24. The van der Waals surface area contributed by atoms with Gasteiger partial charge in [-0.15, -0.1) is 0 Å². The molecule has 1 heterocycles. The summed E-state index contributed by atoms with van der Waals surface area (Å²) >= 11 is 0. The molecular weight excluding hydrogens is 295 g/mol. The first-order valence-electron chi connectivity index (χ1n) is 7.48. The summed E-state index contributed by atoms with van der Waals surface area (Å²) in [5, 5.41) is 4.47. The minimum Gasteiger partial charge on any atom is -0.489 e. The molecule has 23 heavy (non-hydrogen) atoms. The van der Waals surface area contributed by atoms with Gasteiger partial charge in [-0.25, -0.2) is 9.37 Å². The fourth-order valence-corrected chi connectivity index (χ4v) is 2.17. The fourth-order valence-electron chi connectivity index (χ4n) is 2.17. The van der Waals surface area contributed by atoms with Gasteiger partial charge in [0.05, 0.1) is 6.33 Å². The van der Waals surface area contributed by atoms with Gasteiger partial charge in [0.2, 0.25) is 0 Å². The molecule has 0 fully saturated rings. The zero-order chi connectivity index (χ0) is 17.0. The van der Waals surface area contributed by atoms with Gasteiger partial charge in [-0.1, -0.05) is 20.8 Å². The number of rotatable bonds is 5. The maximum atomic E-state index is 12.4. The Hall–Kier alpha value is -2.21. The standard InChI is InChI=1S/C17H23FN4O/c1-17(2,3)16-20-15(21-22(16)4)13-5-7-14(8-6-13)23-11-12(9-18)10-19/h5-9H,10-11,19H2,1-4H3/b12-9-. The number of hydrogen-bond donors (Lipinski definition) is 1.